The Kier molecular flexibility index (Phi) is 6.42. The second-order valence-electron chi connectivity index (χ2n) is 5.86. The van der Waals surface area contributed by atoms with Crippen LogP contribution >= 0.6 is 0 Å². The van der Waals surface area contributed by atoms with Gasteiger partial charge in [0, 0.05) is 25.8 Å². The highest BCUT2D eigenvalue weighted by Crippen LogP contribution is 2.06. The van der Waals surface area contributed by atoms with Gasteiger partial charge in [-0.15, -0.1) is 0 Å². The minimum Gasteiger partial charge on any atom is -0.477 e. The zero-order valence-corrected chi connectivity index (χ0v) is 13.2. The Labute approximate surface area is 126 Å². The molecule has 0 atom stereocenters. The lowest BCUT2D eigenvalue weighted by Gasteiger charge is -2.26. The Morgan fingerprint density at radius 2 is 1.95 bits per heavy atom. The average molecular weight is 295 g/mol. The standard InChI is InChI=1S/C15H25N3O3/c1-12(2)10-18(9-8-16(3)4)14(19)11-17-7-5-6-13(17)15(20)21/h5-7,12H,8-11H2,1-4H3,(H,20,21). The molecule has 1 aromatic rings. The zero-order valence-electron chi connectivity index (χ0n) is 13.2. The lowest BCUT2D eigenvalue weighted by Crippen LogP contribution is -2.40. The van der Waals surface area contributed by atoms with E-state index in [1.165, 1.54) is 10.6 Å². The molecule has 21 heavy (non-hydrogen) atoms. The number of carboxylic acid groups (broad SMARTS) is 1. The van der Waals surface area contributed by atoms with E-state index in [0.29, 0.717) is 19.0 Å². The molecule has 1 heterocycles. The van der Waals surface area contributed by atoms with Gasteiger partial charge < -0.3 is 19.5 Å². The van der Waals surface area contributed by atoms with E-state index in [1.54, 1.807) is 17.2 Å². The van der Waals surface area contributed by atoms with E-state index in [2.05, 4.69) is 13.8 Å². The predicted molar refractivity (Wildman–Crippen MR) is 81.4 cm³/mol. The smallest absolute Gasteiger partial charge is 0.352 e. The van der Waals surface area contributed by atoms with Gasteiger partial charge in [0.05, 0.1) is 0 Å². The predicted octanol–water partition coefficient (Wildman–Crippen LogP) is 1.23. The van der Waals surface area contributed by atoms with Crippen molar-refractivity contribution < 1.29 is 14.7 Å². The number of aromatic carboxylic acids is 1. The highest BCUT2D eigenvalue weighted by Gasteiger charge is 2.18. The molecule has 0 aliphatic rings. The van der Waals surface area contributed by atoms with E-state index in [0.717, 1.165) is 6.54 Å². The van der Waals surface area contributed by atoms with Crippen LogP contribution in [-0.2, 0) is 11.3 Å². The third kappa shape index (κ3) is 5.59. The summed E-state index contributed by atoms with van der Waals surface area (Å²) in [5, 5.41) is 9.08. The van der Waals surface area contributed by atoms with Crippen molar-refractivity contribution in [3.8, 4) is 0 Å². The topological polar surface area (TPSA) is 65.8 Å². The summed E-state index contributed by atoms with van der Waals surface area (Å²) in [5.74, 6) is -0.694. The van der Waals surface area contributed by atoms with E-state index in [9.17, 15) is 9.59 Å². The highest BCUT2D eigenvalue weighted by atomic mass is 16.4. The molecular formula is C15H25N3O3. The Bertz CT molecular complexity index is 480. The van der Waals surface area contributed by atoms with Crippen molar-refractivity contribution in [2.75, 3.05) is 33.7 Å². The van der Waals surface area contributed by atoms with Crippen molar-refractivity contribution in [3.05, 3.63) is 24.0 Å². The van der Waals surface area contributed by atoms with Crippen LogP contribution in [0.1, 0.15) is 24.3 Å². The third-order valence-corrected chi connectivity index (χ3v) is 3.11. The van der Waals surface area contributed by atoms with Crippen LogP contribution in [0, 0.1) is 5.92 Å². The monoisotopic (exact) mass is 295 g/mol. The summed E-state index contributed by atoms with van der Waals surface area (Å²) in [7, 11) is 3.93. The van der Waals surface area contributed by atoms with E-state index >= 15 is 0 Å². The lowest BCUT2D eigenvalue weighted by atomic mass is 10.2. The second-order valence-corrected chi connectivity index (χ2v) is 5.86. The number of hydrogen-bond acceptors (Lipinski definition) is 3. The number of amides is 1. The van der Waals surface area contributed by atoms with Gasteiger partial charge in [-0.1, -0.05) is 13.8 Å². The van der Waals surface area contributed by atoms with Crippen molar-refractivity contribution in [2.24, 2.45) is 5.92 Å². The number of carbonyl (C=O) groups is 2. The second kappa shape index (κ2) is 7.83. The molecular weight excluding hydrogens is 270 g/mol. The molecule has 1 aromatic heterocycles. The number of nitrogens with zero attached hydrogens (tertiary/aromatic N) is 3. The van der Waals surface area contributed by atoms with Crippen molar-refractivity contribution in [3.63, 3.8) is 0 Å². The molecule has 0 saturated heterocycles. The van der Waals surface area contributed by atoms with Crippen molar-refractivity contribution >= 4 is 11.9 Å². The Hall–Kier alpha value is -1.82. The van der Waals surface area contributed by atoms with E-state index in [1.807, 2.05) is 19.0 Å². The first-order valence-electron chi connectivity index (χ1n) is 7.12. The molecule has 0 radical (unpaired) electrons. The van der Waals surface area contributed by atoms with Gasteiger partial charge >= 0.3 is 5.97 Å². The van der Waals surface area contributed by atoms with Gasteiger partial charge in [0.25, 0.3) is 0 Å². The fraction of sp³-hybridized carbons (Fsp3) is 0.600. The van der Waals surface area contributed by atoms with E-state index in [4.69, 9.17) is 5.11 Å². The average Bonchev–Trinajstić information content (AvgIpc) is 2.81. The summed E-state index contributed by atoms with van der Waals surface area (Å²) >= 11 is 0. The number of carboxylic acids is 1. The molecule has 0 spiro atoms. The maximum absolute atomic E-state index is 12.4. The van der Waals surface area contributed by atoms with Gasteiger partial charge in [0.2, 0.25) is 5.91 Å². The molecule has 118 valence electrons. The number of aromatic nitrogens is 1. The van der Waals surface area contributed by atoms with Crippen LogP contribution in [0.15, 0.2) is 18.3 Å². The molecule has 0 aromatic carbocycles. The summed E-state index contributed by atoms with van der Waals surface area (Å²) < 4.78 is 1.48. The lowest BCUT2D eigenvalue weighted by molar-refractivity contribution is -0.132. The fourth-order valence-electron chi connectivity index (χ4n) is 2.07. The molecule has 1 N–H and O–H groups in total. The first-order valence-corrected chi connectivity index (χ1v) is 7.12. The summed E-state index contributed by atoms with van der Waals surface area (Å²) in [6.07, 6.45) is 1.63. The maximum Gasteiger partial charge on any atom is 0.352 e. The molecule has 6 heteroatoms. The van der Waals surface area contributed by atoms with E-state index < -0.39 is 5.97 Å². The van der Waals surface area contributed by atoms with Crippen molar-refractivity contribution in [1.29, 1.82) is 0 Å². The quantitative estimate of drug-likeness (QED) is 0.783. The number of rotatable bonds is 8. The molecule has 6 nitrogen and oxygen atoms in total. The molecule has 0 saturated carbocycles. The van der Waals surface area contributed by atoms with E-state index in [-0.39, 0.29) is 18.1 Å². The van der Waals surface area contributed by atoms with Crippen LogP contribution in [0.2, 0.25) is 0 Å². The molecule has 0 bridgehead atoms. The molecule has 0 fully saturated rings. The van der Waals surface area contributed by atoms with Crippen LogP contribution in [0.4, 0.5) is 0 Å². The van der Waals surface area contributed by atoms with Gasteiger partial charge in [0.15, 0.2) is 0 Å². The molecule has 1 amide bonds. The Morgan fingerprint density at radius 1 is 1.29 bits per heavy atom. The van der Waals surface area contributed by atoms with Crippen molar-refractivity contribution in [1.82, 2.24) is 14.4 Å². The summed E-state index contributed by atoms with van der Waals surface area (Å²) in [6, 6.07) is 3.14. The number of carbonyl (C=O) groups excluding carboxylic acids is 1. The molecule has 0 unspecified atom stereocenters. The summed E-state index contributed by atoms with van der Waals surface area (Å²) in [6.45, 7) is 6.30. The first-order chi connectivity index (χ1) is 9.81. The molecule has 0 aliphatic heterocycles. The SMILES string of the molecule is CC(C)CN(CCN(C)C)C(=O)Cn1cccc1C(=O)O. The van der Waals surface area contributed by atoms with Crippen LogP contribution in [0.25, 0.3) is 0 Å². The summed E-state index contributed by atoms with van der Waals surface area (Å²) in [4.78, 5) is 27.3. The van der Waals surface area contributed by atoms with Crippen LogP contribution < -0.4 is 0 Å². The van der Waals surface area contributed by atoms with Crippen LogP contribution in [0.5, 0.6) is 0 Å². The molecule has 1 rings (SSSR count). The fourth-order valence-corrected chi connectivity index (χ4v) is 2.07. The Morgan fingerprint density at radius 3 is 2.48 bits per heavy atom. The normalized spacial score (nSPS) is 11.1. The van der Waals surface area contributed by atoms with Crippen molar-refractivity contribution in [2.45, 2.75) is 20.4 Å². The summed E-state index contributed by atoms with van der Waals surface area (Å²) in [5.41, 5.74) is 0.139. The van der Waals surface area contributed by atoms with Crippen LogP contribution in [-0.4, -0.2) is 65.1 Å². The minimum absolute atomic E-state index is 0.0516. The number of likely N-dealkylation sites (N-methyl/N-ethyl adjacent to an activating group) is 1. The van der Waals surface area contributed by atoms with Crippen LogP contribution in [0.3, 0.4) is 0 Å². The van der Waals surface area contributed by atoms with Gasteiger partial charge in [-0.25, -0.2) is 4.79 Å². The highest BCUT2D eigenvalue weighted by molar-refractivity contribution is 5.86. The molecule has 0 aliphatic carbocycles. The maximum atomic E-state index is 12.4. The van der Waals surface area contributed by atoms with Gasteiger partial charge in [-0.3, -0.25) is 4.79 Å². The zero-order chi connectivity index (χ0) is 16.0. The largest absolute Gasteiger partial charge is 0.477 e. The number of hydrogen-bond donors (Lipinski definition) is 1. The Balaban J connectivity index is 2.75. The van der Waals surface area contributed by atoms with Gasteiger partial charge in [0.1, 0.15) is 12.2 Å². The third-order valence-electron chi connectivity index (χ3n) is 3.11. The minimum atomic E-state index is -1.02. The van der Waals surface area contributed by atoms with Gasteiger partial charge in [-0.2, -0.15) is 0 Å². The first kappa shape index (κ1) is 17.2. The van der Waals surface area contributed by atoms with Gasteiger partial charge in [-0.05, 0) is 32.1 Å².